The molecule has 6 rings (SSSR count). The Kier molecular flexibility index (Phi) is 9.68. The van der Waals surface area contributed by atoms with Crippen LogP contribution in [-0.2, 0) is 11.4 Å². The zero-order valence-electron chi connectivity index (χ0n) is 26.4. The molecular formula is C37H33BrClN3O4S. The topological polar surface area (TPSA) is 73.1 Å². The predicted octanol–water partition coefficient (Wildman–Crippen LogP) is 7.26. The lowest BCUT2D eigenvalue weighted by Crippen LogP contribution is -2.43. The first-order chi connectivity index (χ1) is 22.7. The number of rotatable bonds is 9. The van der Waals surface area contributed by atoms with Crippen LogP contribution in [0.1, 0.15) is 43.5 Å². The second kappa shape index (κ2) is 13.9. The molecule has 0 saturated carbocycles. The van der Waals surface area contributed by atoms with Gasteiger partial charge in [-0.3, -0.25) is 14.2 Å². The number of hydrogen-bond donors (Lipinski definition) is 0. The smallest absolute Gasteiger partial charge is 0.271 e. The molecule has 2 heterocycles. The van der Waals surface area contributed by atoms with E-state index in [0.29, 0.717) is 56.8 Å². The lowest BCUT2D eigenvalue weighted by atomic mass is 9.90. The van der Waals surface area contributed by atoms with Crippen LogP contribution < -0.4 is 24.4 Å². The van der Waals surface area contributed by atoms with Crippen molar-refractivity contribution in [3.63, 3.8) is 0 Å². The van der Waals surface area contributed by atoms with E-state index in [1.807, 2.05) is 106 Å². The third-order valence-electron chi connectivity index (χ3n) is 8.32. The van der Waals surface area contributed by atoms with Crippen molar-refractivity contribution < 1.29 is 14.3 Å². The van der Waals surface area contributed by atoms with Gasteiger partial charge in [-0.1, -0.05) is 77.5 Å². The van der Waals surface area contributed by atoms with Gasteiger partial charge in [0.05, 0.1) is 27.4 Å². The number of halogens is 2. The van der Waals surface area contributed by atoms with Gasteiger partial charge in [-0.2, -0.15) is 0 Å². The molecule has 4 aromatic carbocycles. The van der Waals surface area contributed by atoms with Crippen LogP contribution in [0, 0.1) is 0 Å². The molecule has 1 aliphatic heterocycles. The molecule has 0 fully saturated rings. The van der Waals surface area contributed by atoms with E-state index in [0.717, 1.165) is 31.9 Å². The lowest BCUT2D eigenvalue weighted by Gasteiger charge is -2.30. The number of aromatic nitrogens is 1. The number of methoxy groups -OCH3 is 1. The minimum atomic E-state index is -0.741. The van der Waals surface area contributed by atoms with Crippen molar-refractivity contribution in [2.24, 2.45) is 4.99 Å². The third-order valence-corrected chi connectivity index (χ3v) is 10.3. The Balaban J connectivity index is 1.48. The van der Waals surface area contributed by atoms with Crippen molar-refractivity contribution in [2.45, 2.75) is 33.4 Å². The third kappa shape index (κ3) is 6.27. The lowest BCUT2D eigenvalue weighted by molar-refractivity contribution is -0.127. The van der Waals surface area contributed by atoms with E-state index in [1.165, 1.54) is 11.3 Å². The summed E-state index contributed by atoms with van der Waals surface area (Å²) < 4.78 is 14.8. The Hall–Kier alpha value is -4.18. The van der Waals surface area contributed by atoms with Gasteiger partial charge in [-0.05, 0) is 83.4 Å². The highest BCUT2D eigenvalue weighted by molar-refractivity contribution is 9.10. The molecule has 5 aromatic rings. The maximum atomic E-state index is 14.4. The van der Waals surface area contributed by atoms with Gasteiger partial charge in [-0.25, -0.2) is 4.99 Å². The molecule has 1 amide bonds. The SMILES string of the molecule is CCN(CC)C(=O)C1=C(C)N=c2s/c(=C/c3ccc(OCc4ccccc4Cl)c(Br)c3)c(=O)n2[C@@H]1c1c(OC)ccc2ccccc12. The minimum Gasteiger partial charge on any atom is -0.496 e. The van der Waals surface area contributed by atoms with E-state index in [-0.39, 0.29) is 11.5 Å². The molecule has 0 saturated heterocycles. The van der Waals surface area contributed by atoms with Gasteiger partial charge in [0.15, 0.2) is 4.80 Å². The maximum absolute atomic E-state index is 14.4. The summed E-state index contributed by atoms with van der Waals surface area (Å²) in [5.74, 6) is 1.10. The van der Waals surface area contributed by atoms with Gasteiger partial charge in [-0.15, -0.1) is 0 Å². The van der Waals surface area contributed by atoms with Crippen LogP contribution in [0.15, 0.2) is 104 Å². The maximum Gasteiger partial charge on any atom is 0.271 e. The first-order valence-corrected chi connectivity index (χ1v) is 17.3. The fraction of sp³-hybridized carbons (Fsp3) is 0.216. The first kappa shape index (κ1) is 32.7. The quantitative estimate of drug-likeness (QED) is 0.160. The summed E-state index contributed by atoms with van der Waals surface area (Å²) in [4.78, 5) is 35.7. The summed E-state index contributed by atoms with van der Waals surface area (Å²) in [6, 6.07) is 24.3. The number of nitrogens with zero attached hydrogens (tertiary/aromatic N) is 3. The van der Waals surface area contributed by atoms with E-state index in [4.69, 9.17) is 26.1 Å². The number of likely N-dealkylation sites (N-methyl/N-ethyl adjacent to an activating group) is 1. The standard InChI is InChI=1S/C37H33BrClN3O4S/c1-5-41(6-2)36(44)32-22(3)40-37-42(34(32)33-26-13-9-7-11-24(26)16-18-30(33)45-4)35(43)31(47-37)20-23-15-17-29(27(38)19-23)46-21-25-12-8-10-14-28(25)39/h7-20,34H,5-6,21H2,1-4H3/b31-20+/t34-/m0/s1. The molecule has 10 heteroatoms. The molecule has 47 heavy (non-hydrogen) atoms. The number of thiazole rings is 1. The number of carbonyl (C=O) groups is 1. The van der Waals surface area contributed by atoms with Gasteiger partial charge >= 0.3 is 0 Å². The monoisotopic (exact) mass is 729 g/mol. The van der Waals surface area contributed by atoms with Gasteiger partial charge in [0.1, 0.15) is 24.1 Å². The summed E-state index contributed by atoms with van der Waals surface area (Å²) in [6.07, 6.45) is 1.84. The summed E-state index contributed by atoms with van der Waals surface area (Å²) in [7, 11) is 1.61. The summed E-state index contributed by atoms with van der Waals surface area (Å²) >= 11 is 11.2. The number of allylic oxidation sites excluding steroid dienone is 1. The van der Waals surface area contributed by atoms with Crippen molar-refractivity contribution in [1.82, 2.24) is 9.47 Å². The van der Waals surface area contributed by atoms with Crippen LogP contribution in [0.4, 0.5) is 0 Å². The van der Waals surface area contributed by atoms with E-state index in [9.17, 15) is 9.59 Å². The second-order valence-electron chi connectivity index (χ2n) is 11.0. The van der Waals surface area contributed by atoms with Crippen LogP contribution in [0.3, 0.4) is 0 Å². The molecule has 0 spiro atoms. The summed E-state index contributed by atoms with van der Waals surface area (Å²) in [5.41, 5.74) is 3.26. The Morgan fingerprint density at radius 2 is 1.77 bits per heavy atom. The highest BCUT2D eigenvalue weighted by Crippen LogP contribution is 2.40. The van der Waals surface area contributed by atoms with Crippen molar-refractivity contribution in [3.05, 3.63) is 136 Å². The van der Waals surface area contributed by atoms with Crippen LogP contribution in [-0.4, -0.2) is 35.6 Å². The van der Waals surface area contributed by atoms with Gasteiger partial charge in [0, 0.05) is 29.2 Å². The normalized spacial score (nSPS) is 14.6. The average molecular weight is 731 g/mol. The molecule has 0 unspecified atom stereocenters. The number of ether oxygens (including phenoxy) is 2. The highest BCUT2D eigenvalue weighted by Gasteiger charge is 2.36. The van der Waals surface area contributed by atoms with E-state index in [2.05, 4.69) is 15.9 Å². The largest absolute Gasteiger partial charge is 0.496 e. The molecule has 0 N–H and O–H groups in total. The van der Waals surface area contributed by atoms with Gasteiger partial charge in [0.2, 0.25) is 0 Å². The molecule has 7 nitrogen and oxygen atoms in total. The molecule has 0 bridgehead atoms. The van der Waals surface area contributed by atoms with Crippen LogP contribution in [0.5, 0.6) is 11.5 Å². The zero-order valence-corrected chi connectivity index (χ0v) is 29.6. The number of amides is 1. The average Bonchev–Trinajstić information content (AvgIpc) is 3.37. The Morgan fingerprint density at radius 3 is 2.49 bits per heavy atom. The van der Waals surface area contributed by atoms with Crippen molar-refractivity contribution in [1.29, 1.82) is 0 Å². The fourth-order valence-corrected chi connectivity index (χ4v) is 7.68. The molecule has 1 aliphatic rings. The Labute approximate surface area is 290 Å². The molecule has 0 aliphatic carbocycles. The van der Waals surface area contributed by atoms with Crippen molar-refractivity contribution in [2.75, 3.05) is 20.2 Å². The minimum absolute atomic E-state index is 0.151. The second-order valence-corrected chi connectivity index (χ2v) is 13.3. The molecule has 240 valence electrons. The molecule has 1 atom stereocenters. The summed E-state index contributed by atoms with van der Waals surface area (Å²) in [6.45, 7) is 7.13. The zero-order chi connectivity index (χ0) is 33.2. The Bertz CT molecular complexity index is 2220. The molecule has 1 aromatic heterocycles. The number of carbonyl (C=O) groups excluding carboxylic acids is 1. The van der Waals surface area contributed by atoms with E-state index >= 15 is 0 Å². The Morgan fingerprint density at radius 1 is 1.04 bits per heavy atom. The number of fused-ring (bicyclic) bond motifs is 2. The van der Waals surface area contributed by atoms with E-state index < -0.39 is 6.04 Å². The van der Waals surface area contributed by atoms with Crippen LogP contribution in [0.2, 0.25) is 5.02 Å². The van der Waals surface area contributed by atoms with Crippen LogP contribution >= 0.6 is 38.9 Å². The van der Waals surface area contributed by atoms with Gasteiger partial charge in [0.25, 0.3) is 11.5 Å². The van der Waals surface area contributed by atoms with Crippen LogP contribution in [0.25, 0.3) is 16.8 Å². The highest BCUT2D eigenvalue weighted by atomic mass is 79.9. The number of benzene rings is 4. The fourth-order valence-electron chi connectivity index (χ4n) is 5.93. The number of hydrogen-bond acceptors (Lipinski definition) is 6. The van der Waals surface area contributed by atoms with Gasteiger partial charge < -0.3 is 14.4 Å². The molecule has 0 radical (unpaired) electrons. The molecular weight excluding hydrogens is 698 g/mol. The van der Waals surface area contributed by atoms with Crippen molar-refractivity contribution in [3.8, 4) is 11.5 Å². The summed E-state index contributed by atoms with van der Waals surface area (Å²) in [5, 5.41) is 2.53. The first-order valence-electron chi connectivity index (χ1n) is 15.3. The predicted molar refractivity (Wildman–Crippen MR) is 192 cm³/mol. The van der Waals surface area contributed by atoms with E-state index in [1.54, 1.807) is 16.6 Å². The van der Waals surface area contributed by atoms with Crippen molar-refractivity contribution >= 4 is 61.6 Å².